The number of carboxylic acids is 3. The summed E-state index contributed by atoms with van der Waals surface area (Å²) in [6.07, 6.45) is -3.94. The zero-order valence-corrected chi connectivity index (χ0v) is 48.1. The Kier molecular flexibility index (Phi) is 34.0. The fraction of sp³-hybridized carbons (Fsp3) is 0.700. The molecule has 11 amide bonds. The molecule has 0 fully saturated rings. The summed E-state index contributed by atoms with van der Waals surface area (Å²) in [4.78, 5) is 187. The van der Waals surface area contributed by atoms with Crippen molar-refractivity contribution < 1.29 is 87.5 Å². The largest absolute Gasteiger partial charge is 0.481 e. The van der Waals surface area contributed by atoms with Gasteiger partial charge in [-0.15, -0.1) is 0 Å². The van der Waals surface area contributed by atoms with E-state index in [4.69, 9.17) is 28.7 Å². The van der Waals surface area contributed by atoms with Crippen molar-refractivity contribution in [1.82, 2.24) is 47.9 Å². The highest BCUT2D eigenvalue weighted by molar-refractivity contribution is 6.01. The third-order valence-electron chi connectivity index (χ3n) is 12.8. The highest BCUT2D eigenvalue weighted by atomic mass is 16.4. The molecule has 0 aliphatic carbocycles. The second-order valence-electron chi connectivity index (χ2n) is 20.9. The van der Waals surface area contributed by atoms with Gasteiger partial charge < -0.3 is 96.9 Å². The number of hydrogen-bond donors (Lipinski definition) is 18. The summed E-state index contributed by atoms with van der Waals surface area (Å²) in [5, 5.41) is 60.0. The average molecular weight is 1190 g/mol. The molecule has 83 heavy (non-hydrogen) atoms. The van der Waals surface area contributed by atoms with E-state index in [1.165, 1.54) is 6.92 Å². The fourth-order valence-electron chi connectivity index (χ4n) is 7.73. The number of carbonyl (C=O) groups is 14. The van der Waals surface area contributed by atoms with E-state index < -0.39 is 194 Å². The summed E-state index contributed by atoms with van der Waals surface area (Å²) in [5.74, 6) is -19.2. The maximum Gasteiger partial charge on any atom is 0.326 e. The first-order valence-corrected chi connectivity index (χ1v) is 27.0. The Bertz CT molecular complexity index is 2320. The van der Waals surface area contributed by atoms with Gasteiger partial charge in [0.1, 0.15) is 54.4 Å². The van der Waals surface area contributed by atoms with Crippen LogP contribution < -0.4 is 76.5 Å². The molecule has 23 N–H and O–H groups in total. The van der Waals surface area contributed by atoms with E-state index >= 15 is 0 Å². The summed E-state index contributed by atoms with van der Waals surface area (Å²) >= 11 is 0. The molecule has 33 nitrogen and oxygen atoms in total. The SMILES string of the molecule is CC[C@H](C)[C@H](N)C(=O)N[C@@H](CC(C)C)C(=O)N[C@@H](CO)C(=O)N[C@H](C(=O)N[C@@H](CC(=O)O)C(=O)N[C@@H](CC(=O)O)C(=O)N[C@@H](CC(N)=O)C(=O)N[C@@H](CC(C)C)C(=O)N[C@@H](CCC(N)=O)C(=O)N[C@@H](CCCN=C(N)N)C(=O)O)[C@@H](C)CC. The zero-order valence-electron chi connectivity index (χ0n) is 48.1. The van der Waals surface area contributed by atoms with Gasteiger partial charge in [0.2, 0.25) is 65.0 Å². The number of primary amides is 2. The molecule has 0 spiro atoms. The topological polar surface area (TPSA) is 571 Å². The minimum absolute atomic E-state index is 0.00368. The van der Waals surface area contributed by atoms with Gasteiger partial charge in [0, 0.05) is 13.0 Å². The van der Waals surface area contributed by atoms with Gasteiger partial charge in [-0.1, -0.05) is 68.2 Å². The van der Waals surface area contributed by atoms with E-state index in [-0.39, 0.29) is 56.4 Å². The lowest BCUT2D eigenvalue weighted by atomic mass is 9.97. The van der Waals surface area contributed by atoms with Crippen molar-refractivity contribution in [2.75, 3.05) is 13.2 Å². The number of carboxylic acid groups (broad SMARTS) is 3. The number of aliphatic imine (C=N–C) groups is 1. The van der Waals surface area contributed by atoms with E-state index in [1.807, 2.05) is 12.2 Å². The van der Waals surface area contributed by atoms with Crippen LogP contribution in [0.3, 0.4) is 0 Å². The Hall–Kier alpha value is -8.23. The maximum atomic E-state index is 13.9. The van der Waals surface area contributed by atoms with Crippen molar-refractivity contribution >= 4 is 88.8 Å². The van der Waals surface area contributed by atoms with Crippen molar-refractivity contribution in [1.29, 1.82) is 0 Å². The molecule has 0 saturated carbocycles. The van der Waals surface area contributed by atoms with Crippen LogP contribution in [-0.2, 0) is 67.1 Å². The van der Waals surface area contributed by atoms with Crippen LogP contribution in [0, 0.1) is 23.7 Å². The van der Waals surface area contributed by atoms with Gasteiger partial charge in [-0.3, -0.25) is 67.3 Å². The quantitative estimate of drug-likeness (QED) is 0.0154. The third kappa shape index (κ3) is 29.4. The van der Waals surface area contributed by atoms with Crippen LogP contribution in [0.15, 0.2) is 4.99 Å². The molecule has 0 aromatic heterocycles. The predicted octanol–water partition coefficient (Wildman–Crippen LogP) is -5.92. The first kappa shape index (κ1) is 74.8. The highest BCUT2D eigenvalue weighted by Crippen LogP contribution is 2.14. The fourth-order valence-corrected chi connectivity index (χ4v) is 7.73. The highest BCUT2D eigenvalue weighted by Gasteiger charge is 2.38. The van der Waals surface area contributed by atoms with Gasteiger partial charge in [0.15, 0.2) is 5.96 Å². The molecule has 0 aliphatic rings. The van der Waals surface area contributed by atoms with Gasteiger partial charge in [-0.25, -0.2) is 4.79 Å². The van der Waals surface area contributed by atoms with Crippen molar-refractivity contribution in [3.8, 4) is 0 Å². The van der Waals surface area contributed by atoms with Crippen molar-refractivity contribution in [3.05, 3.63) is 0 Å². The van der Waals surface area contributed by atoms with Crippen molar-refractivity contribution in [2.45, 2.75) is 186 Å². The number of aliphatic hydroxyl groups excluding tert-OH is 1. The lowest BCUT2D eigenvalue weighted by Gasteiger charge is -2.29. The molecule has 0 unspecified atom stereocenters. The monoisotopic (exact) mass is 1190 g/mol. The number of carbonyl (C=O) groups excluding carboxylic acids is 11. The standard InChI is InChI=1S/C50H87N15O18/c1-9-24(7)38(53)47(80)62-29(17-23(5)6)42(75)64-33(21-66)46(79)65-39(25(8)10-2)48(81)63-32(20-37(71)72)45(78)61-31(19-36(69)70)44(77)60-30(18-35(52)68)43(76)59-28(16-22(3)4)41(74)57-26(13-14-34(51)67)40(73)58-27(49(82)83)12-11-15-56-50(54)55/h22-33,38-39,66H,9-21,53H2,1-8H3,(H2,51,67)(H2,52,68)(H,57,74)(H,58,73)(H,59,76)(H,60,77)(H,61,78)(H,62,80)(H,63,81)(H,64,75)(H,65,79)(H,69,70)(H,71,72)(H,82,83)(H4,54,55,56)/t24-,25-,26-,27-,28-,29-,30-,31-,32-,33-,38-,39-/m0/s1. The second kappa shape index (κ2) is 37.7. The summed E-state index contributed by atoms with van der Waals surface area (Å²) < 4.78 is 0. The lowest BCUT2D eigenvalue weighted by molar-refractivity contribution is -0.144. The molecular formula is C50H87N15O18. The molecule has 12 atom stereocenters. The molecule has 0 saturated heterocycles. The summed E-state index contributed by atoms with van der Waals surface area (Å²) in [6.45, 7) is 12.4. The first-order valence-electron chi connectivity index (χ1n) is 27.0. The minimum atomic E-state index is -2.20. The van der Waals surface area contributed by atoms with Gasteiger partial charge in [0.05, 0.1) is 31.9 Å². The van der Waals surface area contributed by atoms with Crippen LogP contribution in [0.5, 0.6) is 0 Å². The maximum absolute atomic E-state index is 13.9. The van der Waals surface area contributed by atoms with E-state index in [0.717, 1.165) is 0 Å². The number of amides is 11. The number of rotatable bonds is 41. The van der Waals surface area contributed by atoms with Crippen LogP contribution in [0.25, 0.3) is 0 Å². The van der Waals surface area contributed by atoms with Crippen LogP contribution in [0.4, 0.5) is 0 Å². The number of aliphatic carboxylic acids is 3. The third-order valence-corrected chi connectivity index (χ3v) is 12.8. The van der Waals surface area contributed by atoms with Crippen LogP contribution in [0.2, 0.25) is 0 Å². The molecule has 0 heterocycles. The van der Waals surface area contributed by atoms with Gasteiger partial charge in [-0.2, -0.15) is 0 Å². The normalized spacial score (nSPS) is 15.4. The first-order chi connectivity index (χ1) is 38.6. The van der Waals surface area contributed by atoms with Crippen molar-refractivity contribution in [2.24, 2.45) is 57.3 Å². The average Bonchev–Trinajstić information content (AvgIpc) is 3.41. The Labute approximate surface area is 480 Å². The molecule has 0 bridgehead atoms. The Morgan fingerprint density at radius 2 is 0.807 bits per heavy atom. The predicted molar refractivity (Wildman–Crippen MR) is 295 cm³/mol. The molecule has 0 aromatic rings. The van der Waals surface area contributed by atoms with Crippen LogP contribution in [0.1, 0.15) is 126 Å². The van der Waals surface area contributed by atoms with E-state index in [1.54, 1.807) is 41.5 Å². The number of nitrogens with two attached hydrogens (primary N) is 5. The van der Waals surface area contributed by atoms with E-state index in [2.05, 4.69) is 47.5 Å². The van der Waals surface area contributed by atoms with Crippen molar-refractivity contribution in [3.63, 3.8) is 0 Å². The molecule has 470 valence electrons. The number of hydrogen-bond acceptors (Lipinski definition) is 17. The summed E-state index contributed by atoms with van der Waals surface area (Å²) in [5.41, 5.74) is 27.3. The molecule has 33 heteroatoms. The smallest absolute Gasteiger partial charge is 0.326 e. The Balaban J connectivity index is 6.76. The number of nitrogens with one attached hydrogen (secondary N) is 9. The molecular weight excluding hydrogens is 1100 g/mol. The Morgan fingerprint density at radius 3 is 1.20 bits per heavy atom. The zero-order chi connectivity index (χ0) is 64.0. The Morgan fingerprint density at radius 1 is 0.434 bits per heavy atom. The lowest BCUT2D eigenvalue weighted by Crippen LogP contribution is -2.62. The molecule has 0 aromatic carbocycles. The second-order valence-corrected chi connectivity index (χ2v) is 20.9. The van der Waals surface area contributed by atoms with E-state index in [9.17, 15) is 87.5 Å². The van der Waals surface area contributed by atoms with Gasteiger partial charge >= 0.3 is 17.9 Å². The molecule has 0 radical (unpaired) electrons. The summed E-state index contributed by atoms with van der Waals surface area (Å²) in [6, 6.07) is -16.7. The summed E-state index contributed by atoms with van der Waals surface area (Å²) in [7, 11) is 0. The molecule has 0 rings (SSSR count). The van der Waals surface area contributed by atoms with Gasteiger partial charge in [-0.05, 0) is 55.8 Å². The number of guanidine groups is 1. The number of nitrogens with zero attached hydrogens (tertiary/aromatic N) is 1. The minimum Gasteiger partial charge on any atom is -0.481 e. The van der Waals surface area contributed by atoms with Gasteiger partial charge in [0.25, 0.3) is 0 Å². The molecule has 0 aliphatic heterocycles. The van der Waals surface area contributed by atoms with Crippen LogP contribution >= 0.6 is 0 Å². The van der Waals surface area contributed by atoms with E-state index in [0.29, 0.717) is 6.42 Å². The van der Waals surface area contributed by atoms with Crippen LogP contribution in [-0.4, -0.2) is 183 Å². The number of aliphatic hydroxyl groups is 1.